The highest BCUT2D eigenvalue weighted by Gasteiger charge is 2.25. The van der Waals surface area contributed by atoms with Gasteiger partial charge in [0.2, 0.25) is 0 Å². The summed E-state index contributed by atoms with van der Waals surface area (Å²) in [6, 6.07) is 5.18. The number of hydrogen-bond acceptors (Lipinski definition) is 4. The maximum atomic E-state index is 12.0. The molecule has 0 radical (unpaired) electrons. The molecule has 0 aliphatic carbocycles. The third-order valence-corrected chi connectivity index (χ3v) is 2.75. The lowest BCUT2D eigenvalue weighted by atomic mass is 10.1. The Hall–Kier alpha value is -1.99. The monoisotopic (exact) mass is 296 g/mol. The Morgan fingerprint density at radius 2 is 2.10 bits per heavy atom. The molecule has 1 aromatic rings. The Balaban J connectivity index is 2.86. The van der Waals surface area contributed by atoms with Crippen molar-refractivity contribution in [2.75, 3.05) is 0 Å². The summed E-state index contributed by atoms with van der Waals surface area (Å²) in [7, 11) is 0. The number of carboxylic acid groups (broad SMARTS) is 1. The minimum atomic E-state index is -1.36. The van der Waals surface area contributed by atoms with Gasteiger partial charge in [-0.1, -0.05) is 24.4 Å². The highest BCUT2D eigenvalue weighted by atomic mass is 32.1. The van der Waals surface area contributed by atoms with E-state index >= 15 is 0 Å². The topological polar surface area (TPSA) is 113 Å². The SMILES string of the molecule is CC(O)C(NC(=O)c1cccc(CC(N)=S)c1)C(=O)O. The Labute approximate surface area is 121 Å². The zero-order valence-corrected chi connectivity index (χ0v) is 11.7. The second-order valence-corrected chi connectivity index (χ2v) is 4.90. The first kappa shape index (κ1) is 16.1. The molecule has 0 saturated carbocycles. The van der Waals surface area contributed by atoms with Gasteiger partial charge in [0.25, 0.3) is 5.91 Å². The van der Waals surface area contributed by atoms with Crippen molar-refractivity contribution in [3.8, 4) is 0 Å². The van der Waals surface area contributed by atoms with Gasteiger partial charge in [-0.25, -0.2) is 4.79 Å². The summed E-state index contributed by atoms with van der Waals surface area (Å²) in [5.74, 6) is -1.88. The number of aliphatic hydroxyl groups excluding tert-OH is 1. The van der Waals surface area contributed by atoms with Crippen LogP contribution in [0.4, 0.5) is 0 Å². The molecule has 0 aliphatic heterocycles. The number of amides is 1. The fourth-order valence-electron chi connectivity index (χ4n) is 1.64. The van der Waals surface area contributed by atoms with Gasteiger partial charge in [0.15, 0.2) is 6.04 Å². The Morgan fingerprint density at radius 3 is 2.60 bits per heavy atom. The van der Waals surface area contributed by atoms with Crippen molar-refractivity contribution in [1.82, 2.24) is 5.32 Å². The number of hydrogen-bond donors (Lipinski definition) is 4. The first-order chi connectivity index (χ1) is 9.31. The van der Waals surface area contributed by atoms with E-state index in [2.05, 4.69) is 5.32 Å². The third-order valence-electron chi connectivity index (χ3n) is 2.60. The molecule has 0 fully saturated rings. The second kappa shape index (κ2) is 6.97. The highest BCUT2D eigenvalue weighted by molar-refractivity contribution is 7.80. The number of nitrogens with two attached hydrogens (primary N) is 1. The molecule has 20 heavy (non-hydrogen) atoms. The first-order valence-corrected chi connectivity index (χ1v) is 6.31. The van der Waals surface area contributed by atoms with E-state index in [9.17, 15) is 14.7 Å². The maximum Gasteiger partial charge on any atom is 0.328 e. The molecule has 7 heteroatoms. The zero-order valence-electron chi connectivity index (χ0n) is 10.9. The standard InChI is InChI=1S/C13H16N2O4S/c1-7(16)11(13(18)19)15-12(17)9-4-2-3-8(5-9)6-10(14)20/h2-5,7,11,16H,6H2,1H3,(H2,14,20)(H,15,17)(H,18,19). The average Bonchev–Trinajstić information content (AvgIpc) is 2.34. The van der Waals surface area contributed by atoms with Gasteiger partial charge in [-0.3, -0.25) is 4.79 Å². The van der Waals surface area contributed by atoms with Crippen LogP contribution in [0.3, 0.4) is 0 Å². The van der Waals surface area contributed by atoms with Gasteiger partial charge in [-0.15, -0.1) is 0 Å². The lowest BCUT2D eigenvalue weighted by molar-refractivity contribution is -0.141. The van der Waals surface area contributed by atoms with Crippen LogP contribution in [0, 0.1) is 0 Å². The molecular formula is C13H16N2O4S. The van der Waals surface area contributed by atoms with Crippen LogP contribution in [-0.4, -0.2) is 39.2 Å². The number of aliphatic hydroxyl groups is 1. The number of carbonyl (C=O) groups is 2. The summed E-state index contributed by atoms with van der Waals surface area (Å²) in [5, 5.41) is 20.5. The van der Waals surface area contributed by atoms with Crippen LogP contribution in [0.1, 0.15) is 22.8 Å². The molecule has 1 rings (SSSR count). The summed E-state index contributed by atoms with van der Waals surface area (Å²) in [5.41, 5.74) is 6.47. The second-order valence-electron chi connectivity index (χ2n) is 4.37. The van der Waals surface area contributed by atoms with Gasteiger partial charge >= 0.3 is 5.97 Å². The van der Waals surface area contributed by atoms with E-state index < -0.39 is 24.0 Å². The van der Waals surface area contributed by atoms with Crippen molar-refractivity contribution < 1.29 is 19.8 Å². The van der Waals surface area contributed by atoms with E-state index in [1.807, 2.05) is 0 Å². The predicted octanol–water partition coefficient (Wildman–Crippen LogP) is 0.0790. The summed E-state index contributed by atoms with van der Waals surface area (Å²) in [6.07, 6.45) is -0.842. The summed E-state index contributed by atoms with van der Waals surface area (Å²) in [4.78, 5) is 23.2. The van der Waals surface area contributed by atoms with Gasteiger partial charge in [0.05, 0.1) is 11.1 Å². The van der Waals surface area contributed by atoms with Gasteiger partial charge < -0.3 is 21.3 Å². The molecule has 1 aromatic carbocycles. The molecule has 6 nitrogen and oxygen atoms in total. The van der Waals surface area contributed by atoms with Crippen LogP contribution in [0.15, 0.2) is 24.3 Å². The summed E-state index contributed by atoms with van der Waals surface area (Å²) < 4.78 is 0. The number of thiocarbonyl (C=S) groups is 1. The normalized spacial score (nSPS) is 13.3. The van der Waals surface area contributed by atoms with Crippen LogP contribution >= 0.6 is 12.2 Å². The molecule has 0 aliphatic rings. The van der Waals surface area contributed by atoms with Crippen molar-refractivity contribution in [2.24, 2.45) is 5.73 Å². The van der Waals surface area contributed by atoms with Crippen molar-refractivity contribution in [3.63, 3.8) is 0 Å². The fourth-order valence-corrected chi connectivity index (χ4v) is 1.80. The molecule has 1 amide bonds. The molecule has 0 saturated heterocycles. The smallest absolute Gasteiger partial charge is 0.328 e. The van der Waals surface area contributed by atoms with Crippen LogP contribution in [0.5, 0.6) is 0 Å². The van der Waals surface area contributed by atoms with Gasteiger partial charge in [-0.05, 0) is 24.6 Å². The first-order valence-electron chi connectivity index (χ1n) is 5.90. The van der Waals surface area contributed by atoms with Crippen LogP contribution < -0.4 is 11.1 Å². The predicted molar refractivity (Wildman–Crippen MR) is 77.5 cm³/mol. The average molecular weight is 296 g/mol. The lowest BCUT2D eigenvalue weighted by Gasteiger charge is -2.17. The molecule has 2 unspecified atom stereocenters. The molecular weight excluding hydrogens is 280 g/mol. The summed E-state index contributed by atoms with van der Waals surface area (Å²) in [6.45, 7) is 1.29. The maximum absolute atomic E-state index is 12.0. The van der Waals surface area contributed by atoms with Crippen molar-refractivity contribution in [2.45, 2.75) is 25.5 Å². The van der Waals surface area contributed by atoms with Crippen LogP contribution in [0.25, 0.3) is 0 Å². The fraction of sp³-hybridized carbons (Fsp3) is 0.308. The Kier molecular flexibility index (Phi) is 5.60. The van der Waals surface area contributed by atoms with Crippen molar-refractivity contribution >= 4 is 29.1 Å². The van der Waals surface area contributed by atoms with Gasteiger partial charge in [0.1, 0.15) is 0 Å². The van der Waals surface area contributed by atoms with E-state index in [1.54, 1.807) is 24.3 Å². The zero-order chi connectivity index (χ0) is 15.3. The molecule has 0 aromatic heterocycles. The molecule has 2 atom stereocenters. The molecule has 0 bridgehead atoms. The van der Waals surface area contributed by atoms with E-state index in [0.717, 1.165) is 5.56 Å². The van der Waals surface area contributed by atoms with E-state index in [-0.39, 0.29) is 5.56 Å². The number of nitrogens with one attached hydrogen (secondary N) is 1. The number of carbonyl (C=O) groups excluding carboxylic acids is 1. The number of aliphatic carboxylic acids is 1. The van der Waals surface area contributed by atoms with E-state index in [0.29, 0.717) is 11.4 Å². The minimum Gasteiger partial charge on any atom is -0.480 e. The quantitative estimate of drug-likeness (QED) is 0.553. The molecule has 108 valence electrons. The largest absolute Gasteiger partial charge is 0.480 e. The number of carboxylic acids is 1. The number of benzene rings is 1. The van der Waals surface area contributed by atoms with Gasteiger partial charge in [-0.2, -0.15) is 0 Å². The highest BCUT2D eigenvalue weighted by Crippen LogP contribution is 2.07. The molecule has 0 spiro atoms. The van der Waals surface area contributed by atoms with Crippen molar-refractivity contribution in [3.05, 3.63) is 35.4 Å². The molecule has 0 heterocycles. The minimum absolute atomic E-state index is 0.283. The van der Waals surface area contributed by atoms with E-state index in [1.165, 1.54) is 6.92 Å². The lowest BCUT2D eigenvalue weighted by Crippen LogP contribution is -2.47. The Morgan fingerprint density at radius 1 is 1.45 bits per heavy atom. The third kappa shape index (κ3) is 4.60. The molecule has 5 N–H and O–H groups in total. The Bertz CT molecular complexity index is 531. The number of rotatable bonds is 6. The van der Waals surface area contributed by atoms with Crippen LogP contribution in [0.2, 0.25) is 0 Å². The van der Waals surface area contributed by atoms with Gasteiger partial charge in [0, 0.05) is 12.0 Å². The van der Waals surface area contributed by atoms with E-state index in [4.69, 9.17) is 23.1 Å². The van der Waals surface area contributed by atoms with Crippen LogP contribution in [-0.2, 0) is 11.2 Å². The summed E-state index contributed by atoms with van der Waals surface area (Å²) >= 11 is 4.79. The van der Waals surface area contributed by atoms with Crippen molar-refractivity contribution in [1.29, 1.82) is 0 Å².